The molecule has 0 unspecified atom stereocenters. The first-order chi connectivity index (χ1) is 11.6. The smallest absolute Gasteiger partial charge is 0.253 e. The number of halogens is 1. The zero-order valence-electron chi connectivity index (χ0n) is 14.6. The van der Waals surface area contributed by atoms with Crippen molar-refractivity contribution in [3.8, 4) is 0 Å². The molecule has 2 aliphatic rings. The molecule has 2 aliphatic carbocycles. The lowest BCUT2D eigenvalue weighted by Gasteiger charge is -2.35. The lowest BCUT2D eigenvalue weighted by atomic mass is 9.71. The van der Waals surface area contributed by atoms with Crippen LogP contribution in [0.3, 0.4) is 0 Å². The number of carbonyl (C=O) groups is 2. The number of hydrogen-bond donors (Lipinski definition) is 3. The fourth-order valence-corrected chi connectivity index (χ4v) is 3.57. The number of rotatable bonds is 6. The van der Waals surface area contributed by atoms with E-state index in [4.69, 9.17) is 5.73 Å². The van der Waals surface area contributed by atoms with E-state index in [1.54, 1.807) is 12.1 Å². The van der Waals surface area contributed by atoms with E-state index in [2.05, 4.69) is 10.6 Å². The molecule has 138 valence electrons. The summed E-state index contributed by atoms with van der Waals surface area (Å²) in [6.07, 6.45) is 8.06. The maximum atomic E-state index is 12.6. The lowest BCUT2D eigenvalue weighted by Crippen LogP contribution is -2.36. The summed E-state index contributed by atoms with van der Waals surface area (Å²) >= 11 is 0. The van der Waals surface area contributed by atoms with Gasteiger partial charge in [0, 0.05) is 12.5 Å². The van der Waals surface area contributed by atoms with Crippen LogP contribution in [-0.4, -0.2) is 24.4 Å². The molecular formula is C19H28ClN3O2. The third kappa shape index (κ3) is 5.19. The molecule has 0 aromatic heterocycles. The van der Waals surface area contributed by atoms with E-state index in [1.807, 2.05) is 12.1 Å². The van der Waals surface area contributed by atoms with Crippen molar-refractivity contribution in [2.75, 3.05) is 11.9 Å². The third-order valence-corrected chi connectivity index (χ3v) is 5.24. The van der Waals surface area contributed by atoms with Crippen molar-refractivity contribution in [1.82, 2.24) is 5.32 Å². The van der Waals surface area contributed by atoms with Crippen LogP contribution in [0.15, 0.2) is 24.3 Å². The second-order valence-electron chi connectivity index (χ2n) is 7.28. The van der Waals surface area contributed by atoms with Gasteiger partial charge in [0.25, 0.3) is 5.91 Å². The summed E-state index contributed by atoms with van der Waals surface area (Å²) in [5.41, 5.74) is 7.02. The summed E-state index contributed by atoms with van der Waals surface area (Å²) in [5.74, 6) is -0.159. The van der Waals surface area contributed by atoms with Crippen LogP contribution < -0.4 is 16.4 Å². The molecule has 0 aliphatic heterocycles. The number of para-hydroxylation sites is 1. The Labute approximate surface area is 155 Å². The van der Waals surface area contributed by atoms with Gasteiger partial charge in [0.05, 0.1) is 11.3 Å². The molecular weight excluding hydrogens is 338 g/mol. The summed E-state index contributed by atoms with van der Waals surface area (Å²) in [6.45, 7) is 0.546. The molecule has 2 fully saturated rings. The average molecular weight is 366 g/mol. The molecule has 0 bridgehead atoms. The first-order valence-electron chi connectivity index (χ1n) is 9.02. The highest BCUT2D eigenvalue weighted by Gasteiger charge is 2.33. The molecule has 3 rings (SSSR count). The van der Waals surface area contributed by atoms with Gasteiger partial charge in [-0.15, -0.1) is 12.4 Å². The summed E-state index contributed by atoms with van der Waals surface area (Å²) < 4.78 is 0. The molecule has 1 aromatic rings. The van der Waals surface area contributed by atoms with E-state index in [0.29, 0.717) is 30.3 Å². The maximum Gasteiger partial charge on any atom is 0.253 e. The first kappa shape index (κ1) is 19.7. The molecule has 5 nitrogen and oxygen atoms in total. The summed E-state index contributed by atoms with van der Waals surface area (Å²) in [6, 6.07) is 7.49. The van der Waals surface area contributed by atoms with Gasteiger partial charge < -0.3 is 16.4 Å². The number of nitrogens with two attached hydrogens (primary N) is 1. The van der Waals surface area contributed by atoms with Gasteiger partial charge in [-0.2, -0.15) is 0 Å². The van der Waals surface area contributed by atoms with Crippen LogP contribution in [-0.2, 0) is 4.79 Å². The molecule has 6 heteroatoms. The molecule has 25 heavy (non-hydrogen) atoms. The predicted octanol–water partition coefficient (Wildman–Crippen LogP) is 3.24. The molecule has 4 N–H and O–H groups in total. The number of nitrogens with one attached hydrogen (secondary N) is 2. The Bertz CT molecular complexity index is 610. The SMILES string of the molecule is Cl.NCC1(CC(=O)Nc2ccccc2C(=O)NC2CC2)CCCCC1. The first-order valence-corrected chi connectivity index (χ1v) is 9.02. The van der Waals surface area contributed by atoms with Crippen molar-refractivity contribution in [2.45, 2.75) is 57.4 Å². The van der Waals surface area contributed by atoms with Crippen LogP contribution in [0.4, 0.5) is 5.69 Å². The fourth-order valence-electron chi connectivity index (χ4n) is 3.57. The van der Waals surface area contributed by atoms with Crippen LogP contribution in [0.2, 0.25) is 0 Å². The van der Waals surface area contributed by atoms with Crippen molar-refractivity contribution in [2.24, 2.45) is 11.1 Å². The van der Waals surface area contributed by atoms with Crippen molar-refractivity contribution >= 4 is 29.9 Å². The molecule has 2 amide bonds. The predicted molar refractivity (Wildman–Crippen MR) is 102 cm³/mol. The largest absolute Gasteiger partial charge is 0.349 e. The van der Waals surface area contributed by atoms with Crippen molar-refractivity contribution in [3.05, 3.63) is 29.8 Å². The van der Waals surface area contributed by atoms with Gasteiger partial charge in [0.15, 0.2) is 0 Å². The van der Waals surface area contributed by atoms with Crippen LogP contribution >= 0.6 is 12.4 Å². The second-order valence-corrected chi connectivity index (χ2v) is 7.28. The van der Waals surface area contributed by atoms with Crippen molar-refractivity contribution in [1.29, 1.82) is 0 Å². The Balaban J connectivity index is 0.00000225. The quantitative estimate of drug-likeness (QED) is 0.723. The van der Waals surface area contributed by atoms with Crippen LogP contribution in [0.1, 0.15) is 61.7 Å². The van der Waals surface area contributed by atoms with Crippen LogP contribution in [0.5, 0.6) is 0 Å². The Morgan fingerprint density at radius 3 is 2.44 bits per heavy atom. The van der Waals surface area contributed by atoms with Gasteiger partial charge in [-0.05, 0) is 49.8 Å². The van der Waals surface area contributed by atoms with Gasteiger partial charge >= 0.3 is 0 Å². The highest BCUT2D eigenvalue weighted by atomic mass is 35.5. The molecule has 0 heterocycles. The van der Waals surface area contributed by atoms with E-state index in [1.165, 1.54) is 6.42 Å². The van der Waals surface area contributed by atoms with Gasteiger partial charge in [0.1, 0.15) is 0 Å². The molecule has 0 spiro atoms. The second kappa shape index (κ2) is 8.68. The molecule has 0 atom stereocenters. The number of carbonyl (C=O) groups excluding carboxylic acids is 2. The van der Waals surface area contributed by atoms with Crippen LogP contribution in [0.25, 0.3) is 0 Å². The van der Waals surface area contributed by atoms with Crippen molar-refractivity contribution < 1.29 is 9.59 Å². The average Bonchev–Trinajstić information content (AvgIpc) is 3.40. The third-order valence-electron chi connectivity index (χ3n) is 5.24. The summed E-state index contributed by atoms with van der Waals surface area (Å²) in [5, 5.41) is 5.91. The van der Waals surface area contributed by atoms with Gasteiger partial charge in [-0.3, -0.25) is 9.59 Å². The minimum atomic E-state index is -0.111. The number of anilines is 1. The van der Waals surface area contributed by atoms with E-state index in [-0.39, 0.29) is 29.6 Å². The topological polar surface area (TPSA) is 84.2 Å². The minimum Gasteiger partial charge on any atom is -0.349 e. The highest BCUT2D eigenvalue weighted by molar-refractivity contribution is 6.04. The monoisotopic (exact) mass is 365 g/mol. The Hall–Kier alpha value is -1.59. The zero-order valence-corrected chi connectivity index (χ0v) is 15.4. The summed E-state index contributed by atoms with van der Waals surface area (Å²) in [4.78, 5) is 24.9. The van der Waals surface area contributed by atoms with E-state index in [9.17, 15) is 9.59 Å². The zero-order chi connectivity index (χ0) is 17.0. The lowest BCUT2D eigenvalue weighted by molar-refractivity contribution is -0.118. The Morgan fingerprint density at radius 2 is 1.80 bits per heavy atom. The van der Waals surface area contributed by atoms with Crippen LogP contribution in [0, 0.1) is 5.41 Å². The molecule has 2 saturated carbocycles. The maximum absolute atomic E-state index is 12.6. The molecule has 1 aromatic carbocycles. The molecule has 0 saturated heterocycles. The van der Waals surface area contributed by atoms with E-state index < -0.39 is 0 Å². The normalized spacial score (nSPS) is 18.8. The van der Waals surface area contributed by atoms with Gasteiger partial charge in [-0.25, -0.2) is 0 Å². The number of amides is 2. The number of hydrogen-bond acceptors (Lipinski definition) is 3. The molecule has 0 radical (unpaired) electrons. The van der Waals surface area contributed by atoms with E-state index in [0.717, 1.165) is 38.5 Å². The van der Waals surface area contributed by atoms with E-state index >= 15 is 0 Å². The van der Waals surface area contributed by atoms with Crippen molar-refractivity contribution in [3.63, 3.8) is 0 Å². The van der Waals surface area contributed by atoms with Gasteiger partial charge in [-0.1, -0.05) is 31.4 Å². The standard InChI is InChI=1S/C19H27N3O2.ClH/c20-13-19(10-4-1-5-11-19)12-17(23)22-16-7-3-2-6-15(16)18(24)21-14-8-9-14;/h2-3,6-7,14H,1,4-5,8-13,20H2,(H,21,24)(H,22,23);1H. The highest BCUT2D eigenvalue weighted by Crippen LogP contribution is 2.38. The minimum absolute atomic E-state index is 0. The number of benzene rings is 1. The van der Waals surface area contributed by atoms with Gasteiger partial charge in [0.2, 0.25) is 5.91 Å². The summed E-state index contributed by atoms with van der Waals surface area (Å²) in [7, 11) is 0. The fraction of sp³-hybridized carbons (Fsp3) is 0.579. The Kier molecular flexibility index (Phi) is 6.85. The Morgan fingerprint density at radius 1 is 1.12 bits per heavy atom.